The van der Waals surface area contributed by atoms with E-state index in [1.165, 1.54) is 35.7 Å². The normalized spacial score (nSPS) is 16.3. The van der Waals surface area contributed by atoms with Crippen molar-refractivity contribution in [2.45, 2.75) is 24.7 Å². The molecule has 208 valence electrons. The number of carbonyl (C=O) groups is 4. The van der Waals surface area contributed by atoms with Crippen molar-refractivity contribution in [3.63, 3.8) is 0 Å². The van der Waals surface area contributed by atoms with Gasteiger partial charge in [-0.05, 0) is 24.5 Å². The molecule has 0 radical (unpaired) electrons. The van der Waals surface area contributed by atoms with E-state index in [0.717, 1.165) is 5.56 Å². The van der Waals surface area contributed by atoms with Gasteiger partial charge in [0.05, 0.1) is 24.6 Å². The molecular weight excluding hydrogens is 538 g/mol. The Bertz CT molecular complexity index is 1230. The Morgan fingerprint density at radius 2 is 1.85 bits per heavy atom. The van der Waals surface area contributed by atoms with Gasteiger partial charge in [-0.3, -0.25) is 19.3 Å². The van der Waals surface area contributed by atoms with Crippen molar-refractivity contribution in [3.05, 3.63) is 65.7 Å². The number of anilines is 1. The van der Waals surface area contributed by atoms with Crippen molar-refractivity contribution in [1.82, 2.24) is 10.2 Å². The van der Waals surface area contributed by atoms with Gasteiger partial charge >= 0.3 is 5.97 Å². The van der Waals surface area contributed by atoms with E-state index in [4.69, 9.17) is 15.5 Å². The number of rotatable bonds is 11. The Morgan fingerprint density at radius 3 is 2.49 bits per heavy atom. The molecule has 0 bridgehead atoms. The molecule has 1 aliphatic heterocycles. The van der Waals surface area contributed by atoms with Gasteiger partial charge in [0.15, 0.2) is 0 Å². The van der Waals surface area contributed by atoms with Crippen LogP contribution in [0.4, 0.5) is 5.69 Å². The van der Waals surface area contributed by atoms with Gasteiger partial charge in [0.1, 0.15) is 12.6 Å². The number of thioether (sulfide) groups is 1. The number of para-hydroxylation sites is 1. The number of amides is 3. The SMILES string of the molecule is COC(=O)[C@H](CCSC)NC(=O)CN1C(=O)[C@@H](N(C)C(=O)[C@@H](N)CS)N=C(c2ccccc2)c2ccccc21. The quantitative estimate of drug-likeness (QED) is 0.274. The first kappa shape index (κ1) is 30.2. The molecule has 10 nitrogen and oxygen atoms in total. The standard InChI is InChI=1S/C27H33N5O5S2/c1-31(25(34)19(28)16-38)24-26(35)32(15-22(33)29-20(13-14-39-3)27(36)37-2)21-12-8-7-11-18(21)23(30-24)17-9-5-4-6-10-17/h4-12,19-20,24,38H,13-16,28H2,1-3H3,(H,29,33)/t19-,20-,24+/m0/s1. The molecule has 0 fully saturated rings. The number of nitrogens with one attached hydrogen (secondary N) is 1. The predicted molar refractivity (Wildman–Crippen MR) is 156 cm³/mol. The molecule has 3 amide bonds. The van der Waals surface area contributed by atoms with Gasteiger partial charge < -0.3 is 20.7 Å². The van der Waals surface area contributed by atoms with Crippen LogP contribution in [0.15, 0.2) is 59.6 Å². The van der Waals surface area contributed by atoms with Gasteiger partial charge in [0.2, 0.25) is 18.0 Å². The van der Waals surface area contributed by atoms with Crippen molar-refractivity contribution in [2.24, 2.45) is 10.7 Å². The zero-order chi connectivity index (χ0) is 28.5. The lowest BCUT2D eigenvalue weighted by Gasteiger charge is -2.30. The van der Waals surface area contributed by atoms with E-state index >= 15 is 0 Å². The minimum atomic E-state index is -1.30. The van der Waals surface area contributed by atoms with Crippen LogP contribution in [-0.2, 0) is 23.9 Å². The monoisotopic (exact) mass is 571 g/mol. The predicted octanol–water partition coefficient (Wildman–Crippen LogP) is 1.32. The molecule has 1 heterocycles. The highest BCUT2D eigenvalue weighted by Gasteiger charge is 2.38. The number of thiol groups is 1. The van der Waals surface area contributed by atoms with Crippen LogP contribution < -0.4 is 16.0 Å². The highest BCUT2D eigenvalue weighted by Crippen LogP contribution is 2.29. The van der Waals surface area contributed by atoms with Crippen LogP contribution in [0.3, 0.4) is 0 Å². The summed E-state index contributed by atoms with van der Waals surface area (Å²) in [6, 6.07) is 14.5. The molecule has 12 heteroatoms. The Hall–Kier alpha value is -3.35. The molecular formula is C27H33N5O5S2. The number of ether oxygens (including phenoxy) is 1. The van der Waals surface area contributed by atoms with E-state index < -0.39 is 48.5 Å². The maximum Gasteiger partial charge on any atom is 0.328 e. The van der Waals surface area contributed by atoms with Crippen LogP contribution in [0.5, 0.6) is 0 Å². The smallest absolute Gasteiger partial charge is 0.328 e. The zero-order valence-corrected chi connectivity index (χ0v) is 23.8. The molecule has 0 saturated carbocycles. The third-order valence-corrected chi connectivity index (χ3v) is 7.23. The lowest BCUT2D eigenvalue weighted by Crippen LogP contribution is -2.55. The van der Waals surface area contributed by atoms with Crippen molar-refractivity contribution < 1.29 is 23.9 Å². The maximum absolute atomic E-state index is 14.0. The molecule has 1 aliphatic rings. The fraction of sp³-hybridized carbons (Fsp3) is 0.370. The molecule has 0 spiro atoms. The minimum Gasteiger partial charge on any atom is -0.467 e. The van der Waals surface area contributed by atoms with Gasteiger partial charge in [0, 0.05) is 23.9 Å². The number of likely N-dealkylation sites (N-methyl/N-ethyl adjacent to an activating group) is 1. The number of nitrogens with zero attached hydrogens (tertiary/aromatic N) is 3. The summed E-state index contributed by atoms with van der Waals surface area (Å²) in [4.78, 5) is 59.7. The molecule has 0 unspecified atom stereocenters. The summed E-state index contributed by atoms with van der Waals surface area (Å²) in [5, 5.41) is 2.69. The van der Waals surface area contributed by atoms with Crippen LogP contribution in [-0.4, -0.2) is 91.0 Å². The summed E-state index contributed by atoms with van der Waals surface area (Å²) < 4.78 is 4.84. The van der Waals surface area contributed by atoms with E-state index in [9.17, 15) is 19.2 Å². The molecule has 3 rings (SSSR count). The summed E-state index contributed by atoms with van der Waals surface area (Å²) in [7, 11) is 2.70. The average molecular weight is 572 g/mol. The first-order valence-corrected chi connectivity index (χ1v) is 14.3. The number of fused-ring (bicyclic) bond motifs is 1. The number of hydrogen-bond donors (Lipinski definition) is 3. The lowest BCUT2D eigenvalue weighted by molar-refractivity contribution is -0.145. The second kappa shape index (κ2) is 14.2. The number of hydrogen-bond acceptors (Lipinski definition) is 9. The fourth-order valence-electron chi connectivity index (χ4n) is 4.13. The Labute approximate surface area is 237 Å². The van der Waals surface area contributed by atoms with E-state index in [-0.39, 0.29) is 5.75 Å². The number of benzene rings is 2. The number of aliphatic imine (C=N–C) groups is 1. The molecule has 39 heavy (non-hydrogen) atoms. The topological polar surface area (TPSA) is 134 Å². The number of nitrogens with two attached hydrogens (primary N) is 1. The van der Waals surface area contributed by atoms with Crippen LogP contribution in [0.25, 0.3) is 0 Å². The number of esters is 1. The summed E-state index contributed by atoms with van der Waals surface area (Å²) in [5.41, 5.74) is 8.21. The van der Waals surface area contributed by atoms with Crippen LogP contribution in [0, 0.1) is 0 Å². The summed E-state index contributed by atoms with van der Waals surface area (Å²) in [6.07, 6.45) is 0.962. The van der Waals surface area contributed by atoms with E-state index in [1.54, 1.807) is 18.2 Å². The third-order valence-electron chi connectivity index (χ3n) is 6.20. The average Bonchev–Trinajstić information content (AvgIpc) is 3.08. The number of methoxy groups -OCH3 is 1. The lowest BCUT2D eigenvalue weighted by atomic mass is 10.0. The van der Waals surface area contributed by atoms with Gasteiger partial charge in [-0.15, -0.1) is 0 Å². The second-order valence-electron chi connectivity index (χ2n) is 8.82. The number of carbonyl (C=O) groups excluding carboxylic acids is 4. The highest BCUT2D eigenvalue weighted by atomic mass is 32.2. The Morgan fingerprint density at radius 1 is 1.18 bits per heavy atom. The minimum absolute atomic E-state index is 0.0800. The van der Waals surface area contributed by atoms with Crippen LogP contribution >= 0.6 is 24.4 Å². The van der Waals surface area contributed by atoms with Gasteiger partial charge in [-0.1, -0.05) is 48.5 Å². The molecule has 3 atom stereocenters. The molecule has 0 saturated heterocycles. The molecule has 2 aromatic rings. The first-order chi connectivity index (χ1) is 18.7. The molecule has 0 aliphatic carbocycles. The second-order valence-corrected chi connectivity index (χ2v) is 10.2. The third kappa shape index (κ3) is 7.20. The number of benzodiazepines with no additional fused rings is 1. The van der Waals surface area contributed by atoms with Crippen LogP contribution in [0.2, 0.25) is 0 Å². The molecule has 0 aromatic heterocycles. The van der Waals surface area contributed by atoms with Gasteiger partial charge in [-0.2, -0.15) is 24.4 Å². The summed E-state index contributed by atoms with van der Waals surface area (Å²) in [6.45, 7) is -0.405. The van der Waals surface area contributed by atoms with Gasteiger partial charge in [-0.25, -0.2) is 9.79 Å². The van der Waals surface area contributed by atoms with Crippen molar-refractivity contribution in [1.29, 1.82) is 0 Å². The van der Waals surface area contributed by atoms with Gasteiger partial charge in [0.25, 0.3) is 5.91 Å². The Kier molecular flexibility index (Phi) is 11.0. The maximum atomic E-state index is 14.0. The molecule has 3 N–H and O–H groups in total. The van der Waals surface area contributed by atoms with Crippen molar-refractivity contribution >= 4 is 59.5 Å². The van der Waals surface area contributed by atoms with E-state index in [0.29, 0.717) is 29.1 Å². The first-order valence-electron chi connectivity index (χ1n) is 12.3. The van der Waals surface area contributed by atoms with Crippen LogP contribution in [0.1, 0.15) is 17.5 Å². The van der Waals surface area contributed by atoms with E-state index in [1.807, 2.05) is 42.7 Å². The highest BCUT2D eigenvalue weighted by molar-refractivity contribution is 7.98. The van der Waals surface area contributed by atoms with Crippen molar-refractivity contribution in [2.75, 3.05) is 43.4 Å². The largest absolute Gasteiger partial charge is 0.467 e. The Balaban J connectivity index is 2.06. The fourth-order valence-corrected chi connectivity index (χ4v) is 4.75. The summed E-state index contributed by atoms with van der Waals surface area (Å²) in [5.74, 6) is -1.53. The van der Waals surface area contributed by atoms with E-state index in [2.05, 4.69) is 17.9 Å². The zero-order valence-electron chi connectivity index (χ0n) is 22.1. The molecule has 2 aromatic carbocycles. The van der Waals surface area contributed by atoms with Crippen molar-refractivity contribution in [3.8, 4) is 0 Å². The summed E-state index contributed by atoms with van der Waals surface area (Å²) >= 11 is 5.65.